The summed E-state index contributed by atoms with van der Waals surface area (Å²) in [6.07, 6.45) is 0. The van der Waals surface area contributed by atoms with E-state index in [0.717, 1.165) is 11.8 Å². The minimum Gasteiger partial charge on any atom is -0.290 e. The van der Waals surface area contributed by atoms with Crippen molar-refractivity contribution >= 4 is 0 Å². The number of rotatable bonds is 0. The van der Waals surface area contributed by atoms with Gasteiger partial charge < -0.3 is 0 Å². The van der Waals surface area contributed by atoms with Crippen LogP contribution < -0.4 is 0 Å². The molecule has 0 amide bonds. The smallest absolute Gasteiger partial charge is 0.0506 e. The normalized spacial score (nSPS) is 42.3. The molecule has 104 valence electrons. The van der Waals surface area contributed by atoms with Crippen molar-refractivity contribution in [1.29, 1.82) is 0 Å². The third-order valence-electron chi connectivity index (χ3n) is 6.08. The van der Waals surface area contributed by atoms with Gasteiger partial charge in [-0.3, -0.25) is 9.80 Å². The van der Waals surface area contributed by atoms with E-state index in [0.29, 0.717) is 16.2 Å². The average molecular weight is 250 g/mol. The second-order valence-electron chi connectivity index (χ2n) is 8.98. The number of piperidine rings is 2. The molecule has 18 heavy (non-hydrogen) atoms. The third-order valence-corrected chi connectivity index (χ3v) is 6.08. The van der Waals surface area contributed by atoms with E-state index >= 15 is 0 Å². The standard InChI is InChI=1S/C16H30N2/c1-14(2,3)16(15(4,5)6)12-7-17-9-13(16)10-18(8-12)11-17/h12-13H,7-11H2,1-6H3. The van der Waals surface area contributed by atoms with Crippen molar-refractivity contribution in [2.24, 2.45) is 28.1 Å². The molecule has 0 aromatic heterocycles. The first-order valence-corrected chi connectivity index (χ1v) is 7.61. The van der Waals surface area contributed by atoms with Gasteiger partial charge in [0.05, 0.1) is 6.67 Å². The fourth-order valence-electron chi connectivity index (χ4n) is 6.51. The lowest BCUT2D eigenvalue weighted by Crippen LogP contribution is -2.75. The molecule has 0 spiro atoms. The molecule has 4 rings (SSSR count). The molecule has 0 saturated carbocycles. The molecule has 4 bridgehead atoms. The predicted octanol–water partition coefficient (Wildman–Crippen LogP) is 2.90. The maximum absolute atomic E-state index is 2.69. The van der Waals surface area contributed by atoms with Crippen LogP contribution in [0.1, 0.15) is 41.5 Å². The highest BCUT2D eigenvalue weighted by atomic mass is 15.4. The van der Waals surface area contributed by atoms with Gasteiger partial charge in [0.25, 0.3) is 0 Å². The predicted molar refractivity (Wildman–Crippen MR) is 76.3 cm³/mol. The molecule has 0 atom stereocenters. The Morgan fingerprint density at radius 3 is 1.33 bits per heavy atom. The van der Waals surface area contributed by atoms with Crippen molar-refractivity contribution in [1.82, 2.24) is 9.80 Å². The molecule has 0 unspecified atom stereocenters. The van der Waals surface area contributed by atoms with E-state index in [-0.39, 0.29) is 0 Å². The van der Waals surface area contributed by atoms with Gasteiger partial charge in [-0.2, -0.15) is 0 Å². The Labute approximate surface area is 113 Å². The zero-order valence-corrected chi connectivity index (χ0v) is 13.1. The largest absolute Gasteiger partial charge is 0.290 e. The first-order valence-electron chi connectivity index (χ1n) is 7.61. The molecule has 0 N–H and O–H groups in total. The molecule has 4 aliphatic heterocycles. The fraction of sp³-hybridized carbons (Fsp3) is 1.00. The van der Waals surface area contributed by atoms with E-state index in [1.165, 1.54) is 32.8 Å². The van der Waals surface area contributed by atoms with Gasteiger partial charge in [-0.05, 0) is 28.1 Å². The Balaban J connectivity index is 2.10. The lowest BCUT2D eigenvalue weighted by Gasteiger charge is -2.71. The number of hydrogen-bond donors (Lipinski definition) is 0. The molecular formula is C16H30N2. The molecule has 2 heteroatoms. The monoisotopic (exact) mass is 250 g/mol. The molecule has 4 fully saturated rings. The SMILES string of the molecule is CC(C)(C)C1(C(C)(C)C)C2CN3CC1CN(C2)C3. The van der Waals surface area contributed by atoms with Gasteiger partial charge in [0.2, 0.25) is 0 Å². The van der Waals surface area contributed by atoms with Gasteiger partial charge in [0.15, 0.2) is 0 Å². The lowest BCUT2D eigenvalue weighted by molar-refractivity contribution is -0.242. The summed E-state index contributed by atoms with van der Waals surface area (Å²) in [5.41, 5.74) is 1.29. The van der Waals surface area contributed by atoms with Gasteiger partial charge in [0, 0.05) is 26.2 Å². The van der Waals surface area contributed by atoms with Crippen LogP contribution in [0, 0.1) is 28.1 Å². The van der Waals surface area contributed by atoms with E-state index in [1.54, 1.807) is 0 Å². The molecule has 4 saturated heterocycles. The lowest BCUT2D eigenvalue weighted by atomic mass is 9.41. The van der Waals surface area contributed by atoms with E-state index < -0.39 is 0 Å². The Hall–Kier alpha value is -0.0800. The Kier molecular flexibility index (Phi) is 2.53. The summed E-state index contributed by atoms with van der Waals surface area (Å²) in [7, 11) is 0. The summed E-state index contributed by atoms with van der Waals surface area (Å²) in [5, 5.41) is 0. The van der Waals surface area contributed by atoms with Crippen LogP contribution in [0.3, 0.4) is 0 Å². The number of nitrogens with zero attached hydrogens (tertiary/aromatic N) is 2. The van der Waals surface area contributed by atoms with Gasteiger partial charge >= 0.3 is 0 Å². The molecule has 0 aromatic rings. The molecule has 0 aliphatic carbocycles. The molecule has 4 heterocycles. The van der Waals surface area contributed by atoms with Crippen molar-refractivity contribution in [2.75, 3.05) is 32.8 Å². The van der Waals surface area contributed by atoms with Crippen molar-refractivity contribution in [3.63, 3.8) is 0 Å². The summed E-state index contributed by atoms with van der Waals surface area (Å²) in [6, 6.07) is 0. The van der Waals surface area contributed by atoms with Gasteiger partial charge in [-0.15, -0.1) is 0 Å². The van der Waals surface area contributed by atoms with Gasteiger partial charge in [-0.25, -0.2) is 0 Å². The quantitative estimate of drug-likeness (QED) is 0.652. The van der Waals surface area contributed by atoms with Gasteiger partial charge in [-0.1, -0.05) is 41.5 Å². The number of hydrogen-bond acceptors (Lipinski definition) is 2. The van der Waals surface area contributed by atoms with Crippen molar-refractivity contribution in [2.45, 2.75) is 41.5 Å². The summed E-state index contributed by atoms with van der Waals surface area (Å²) < 4.78 is 0. The van der Waals surface area contributed by atoms with E-state index in [4.69, 9.17) is 0 Å². The van der Waals surface area contributed by atoms with Crippen molar-refractivity contribution in [3.8, 4) is 0 Å². The maximum Gasteiger partial charge on any atom is 0.0506 e. The van der Waals surface area contributed by atoms with Crippen LogP contribution in [0.5, 0.6) is 0 Å². The maximum atomic E-state index is 2.69. The van der Waals surface area contributed by atoms with Crippen LogP contribution in [0.2, 0.25) is 0 Å². The molecule has 2 nitrogen and oxygen atoms in total. The van der Waals surface area contributed by atoms with E-state index in [9.17, 15) is 0 Å². The molecule has 0 radical (unpaired) electrons. The molecule has 0 aromatic carbocycles. The van der Waals surface area contributed by atoms with E-state index in [2.05, 4.69) is 51.3 Å². The molecule has 4 aliphatic rings. The second kappa shape index (κ2) is 3.52. The zero-order valence-electron chi connectivity index (χ0n) is 13.1. The highest BCUT2D eigenvalue weighted by Gasteiger charge is 2.65. The van der Waals surface area contributed by atoms with Crippen molar-refractivity contribution < 1.29 is 0 Å². The second-order valence-corrected chi connectivity index (χ2v) is 8.98. The average Bonchev–Trinajstić information content (AvgIpc) is 2.10. The zero-order chi connectivity index (χ0) is 13.3. The highest BCUT2D eigenvalue weighted by Crippen LogP contribution is 2.65. The van der Waals surface area contributed by atoms with E-state index in [1.807, 2.05) is 0 Å². The van der Waals surface area contributed by atoms with Crippen molar-refractivity contribution in [3.05, 3.63) is 0 Å². The molecular weight excluding hydrogens is 220 g/mol. The first kappa shape index (κ1) is 12.9. The Morgan fingerprint density at radius 2 is 1.06 bits per heavy atom. The summed E-state index contributed by atoms with van der Waals surface area (Å²) in [5.74, 6) is 1.72. The Morgan fingerprint density at radius 1 is 0.722 bits per heavy atom. The van der Waals surface area contributed by atoms with Gasteiger partial charge in [0.1, 0.15) is 0 Å². The summed E-state index contributed by atoms with van der Waals surface area (Å²) in [6.45, 7) is 21.5. The van der Waals surface area contributed by atoms with Crippen LogP contribution in [0.25, 0.3) is 0 Å². The highest BCUT2D eigenvalue weighted by molar-refractivity contribution is 5.14. The van der Waals surface area contributed by atoms with Crippen LogP contribution in [-0.2, 0) is 0 Å². The topological polar surface area (TPSA) is 6.48 Å². The summed E-state index contributed by atoms with van der Waals surface area (Å²) >= 11 is 0. The minimum atomic E-state index is 0.399. The fourth-order valence-corrected chi connectivity index (χ4v) is 6.51. The minimum absolute atomic E-state index is 0.399. The Bertz CT molecular complexity index is 301. The first-order chi connectivity index (χ1) is 8.16. The van der Waals surface area contributed by atoms with Crippen LogP contribution in [-0.4, -0.2) is 42.6 Å². The third kappa shape index (κ3) is 1.42. The van der Waals surface area contributed by atoms with Crippen LogP contribution in [0.4, 0.5) is 0 Å². The van der Waals surface area contributed by atoms with Crippen LogP contribution in [0.15, 0.2) is 0 Å². The summed E-state index contributed by atoms with van der Waals surface area (Å²) in [4.78, 5) is 5.39. The van der Waals surface area contributed by atoms with Crippen LogP contribution >= 0.6 is 0 Å².